The minimum Gasteiger partial charge on any atom is -0.314 e. The van der Waals surface area contributed by atoms with Gasteiger partial charge in [-0.1, -0.05) is 48.6 Å². The molecule has 1 heterocycles. The summed E-state index contributed by atoms with van der Waals surface area (Å²) < 4.78 is 0. The van der Waals surface area contributed by atoms with E-state index in [-0.39, 0.29) is 5.56 Å². The molecule has 0 saturated heterocycles. The van der Waals surface area contributed by atoms with Gasteiger partial charge in [0.05, 0.1) is 0 Å². The molecule has 0 unspecified atom stereocenters. The van der Waals surface area contributed by atoms with Crippen LogP contribution in [-0.2, 0) is 12.8 Å². The Bertz CT molecular complexity index is 1160. The van der Waals surface area contributed by atoms with Crippen molar-refractivity contribution in [1.29, 1.82) is 0 Å². The maximum Gasteiger partial charge on any atom is 0.325 e. The molecule has 0 spiro atoms. The van der Waals surface area contributed by atoms with Crippen molar-refractivity contribution in [2.45, 2.75) is 25.7 Å². The van der Waals surface area contributed by atoms with E-state index in [1.165, 1.54) is 64.2 Å². The second-order valence-corrected chi connectivity index (χ2v) is 6.56. The van der Waals surface area contributed by atoms with E-state index in [2.05, 4.69) is 53.5 Å². The van der Waals surface area contributed by atoms with E-state index in [0.29, 0.717) is 0 Å². The second-order valence-electron chi connectivity index (χ2n) is 6.56. The molecule has 0 fully saturated rings. The van der Waals surface area contributed by atoms with Gasteiger partial charge in [0, 0.05) is 12.3 Å². The predicted octanol–water partition coefficient (Wildman–Crippen LogP) is 1.87. The summed E-state index contributed by atoms with van der Waals surface area (Å²) in [6.45, 7) is 0. The van der Waals surface area contributed by atoms with Gasteiger partial charge >= 0.3 is 5.69 Å². The maximum atomic E-state index is 10.2. The van der Waals surface area contributed by atoms with Crippen molar-refractivity contribution in [3.8, 4) is 11.1 Å². The molecule has 4 heteroatoms. The lowest BCUT2D eigenvalue weighted by Gasteiger charge is -2.17. The van der Waals surface area contributed by atoms with Crippen molar-refractivity contribution in [2.24, 2.45) is 0 Å². The summed E-state index contributed by atoms with van der Waals surface area (Å²) in [6.07, 6.45) is 11.0. The van der Waals surface area contributed by atoms with Crippen LogP contribution >= 0.6 is 0 Å². The Morgan fingerprint density at radius 2 is 1.69 bits per heavy atom. The molecule has 3 aromatic rings. The molecule has 2 aliphatic carbocycles. The van der Waals surface area contributed by atoms with Gasteiger partial charge in [0.1, 0.15) is 0 Å². The van der Waals surface area contributed by atoms with E-state index in [4.69, 9.17) is 0 Å². The van der Waals surface area contributed by atoms with Crippen LogP contribution in [0.2, 0.25) is 0 Å². The third-order valence-electron chi connectivity index (χ3n) is 4.90. The van der Waals surface area contributed by atoms with E-state index in [9.17, 15) is 9.59 Å². The number of H-pyrrole nitrogens is 2. The van der Waals surface area contributed by atoms with Crippen LogP contribution in [0.4, 0.5) is 0 Å². The summed E-state index contributed by atoms with van der Waals surface area (Å²) in [6, 6.07) is 14.7. The average Bonchev–Trinajstić information content (AvgIpc) is 2.68. The number of aromatic amines is 2. The van der Waals surface area contributed by atoms with Gasteiger partial charge in [-0.2, -0.15) is 0 Å². The standard InChI is InChI=1S/C18H16.C4H4N2O2/c1-3-7-15-13(5-1)9-11-18-16-8-4-2-6-14(16)10-12-17(15)18;7-3-1-2-5-4(8)6-3/h1,3,5,7-8,10-12H,2,4,6,9H2;1-2H,(H2,5,6,7,8). The van der Waals surface area contributed by atoms with Gasteiger partial charge in [-0.25, -0.2) is 4.79 Å². The zero-order valence-electron chi connectivity index (χ0n) is 14.4. The fourth-order valence-corrected chi connectivity index (χ4v) is 3.69. The second kappa shape index (κ2) is 7.00. The third kappa shape index (κ3) is 3.18. The minimum atomic E-state index is -0.475. The van der Waals surface area contributed by atoms with Crippen LogP contribution in [0.5, 0.6) is 0 Å². The number of nitrogens with one attached hydrogen (secondary N) is 2. The molecular formula is C22H20N2O2. The molecule has 2 aliphatic rings. The Morgan fingerprint density at radius 1 is 0.808 bits per heavy atom. The van der Waals surface area contributed by atoms with E-state index in [1.807, 2.05) is 4.98 Å². The predicted molar refractivity (Wildman–Crippen MR) is 104 cm³/mol. The van der Waals surface area contributed by atoms with Crippen LogP contribution in [0.1, 0.15) is 24.0 Å². The average molecular weight is 344 g/mol. The summed E-state index contributed by atoms with van der Waals surface area (Å²) in [7, 11) is 0. The molecule has 130 valence electrons. The molecule has 4 nitrogen and oxygen atoms in total. The topological polar surface area (TPSA) is 65.7 Å². The van der Waals surface area contributed by atoms with Crippen molar-refractivity contribution in [1.82, 2.24) is 9.97 Å². The lowest BCUT2D eigenvalue weighted by atomic mass is 9.87. The van der Waals surface area contributed by atoms with Crippen molar-refractivity contribution in [3.63, 3.8) is 0 Å². The molecule has 5 rings (SSSR count). The highest BCUT2D eigenvalue weighted by atomic mass is 16.2. The summed E-state index contributed by atoms with van der Waals surface area (Å²) >= 11 is 0. The van der Waals surface area contributed by atoms with Gasteiger partial charge in [-0.3, -0.25) is 9.78 Å². The van der Waals surface area contributed by atoms with Crippen LogP contribution in [0, 0.1) is 0 Å². The largest absolute Gasteiger partial charge is 0.325 e. The molecule has 1 aromatic heterocycles. The summed E-state index contributed by atoms with van der Waals surface area (Å²) in [4.78, 5) is 24.7. The van der Waals surface area contributed by atoms with Crippen LogP contribution in [0.15, 0.2) is 58.3 Å². The summed E-state index contributed by atoms with van der Waals surface area (Å²) in [5, 5.41) is 2.99. The molecule has 2 N–H and O–H groups in total. The lowest BCUT2D eigenvalue weighted by molar-refractivity contribution is 0.834. The third-order valence-corrected chi connectivity index (χ3v) is 4.90. The van der Waals surface area contributed by atoms with Crippen LogP contribution < -0.4 is 21.7 Å². The zero-order chi connectivity index (χ0) is 17.9. The smallest absolute Gasteiger partial charge is 0.314 e. The van der Waals surface area contributed by atoms with Crippen LogP contribution in [0.3, 0.4) is 0 Å². The highest BCUT2D eigenvalue weighted by Crippen LogP contribution is 2.24. The monoisotopic (exact) mass is 344 g/mol. The lowest BCUT2D eigenvalue weighted by Crippen LogP contribution is -2.33. The Labute approximate surface area is 150 Å². The molecular weight excluding hydrogens is 324 g/mol. The van der Waals surface area contributed by atoms with Gasteiger partial charge in [-0.15, -0.1) is 0 Å². The van der Waals surface area contributed by atoms with Gasteiger partial charge in [0.25, 0.3) is 5.56 Å². The zero-order valence-corrected chi connectivity index (χ0v) is 14.4. The van der Waals surface area contributed by atoms with Crippen molar-refractivity contribution in [3.05, 3.63) is 91.1 Å². The number of aromatic nitrogens is 2. The van der Waals surface area contributed by atoms with Crippen LogP contribution in [-0.4, -0.2) is 9.97 Å². The van der Waals surface area contributed by atoms with Crippen molar-refractivity contribution in [2.75, 3.05) is 0 Å². The first-order chi connectivity index (χ1) is 12.7. The Balaban J connectivity index is 0.000000178. The molecule has 0 saturated carbocycles. The Kier molecular flexibility index (Phi) is 4.40. The molecule has 0 aliphatic heterocycles. The number of benzene rings is 2. The fourth-order valence-electron chi connectivity index (χ4n) is 3.69. The highest BCUT2D eigenvalue weighted by molar-refractivity contribution is 5.74. The number of fused-ring (bicyclic) bond motifs is 5. The molecule has 0 amide bonds. The number of hydrogen-bond donors (Lipinski definition) is 2. The van der Waals surface area contributed by atoms with E-state index < -0.39 is 5.69 Å². The van der Waals surface area contributed by atoms with E-state index >= 15 is 0 Å². The van der Waals surface area contributed by atoms with E-state index in [0.717, 1.165) is 6.42 Å². The maximum absolute atomic E-state index is 10.2. The van der Waals surface area contributed by atoms with Gasteiger partial charge in [0.2, 0.25) is 0 Å². The van der Waals surface area contributed by atoms with Gasteiger partial charge in [0.15, 0.2) is 0 Å². The molecule has 26 heavy (non-hydrogen) atoms. The quantitative estimate of drug-likeness (QED) is 0.654. The first-order valence-corrected chi connectivity index (χ1v) is 8.91. The number of aryl methyl sites for hydroxylation is 1. The first-order valence-electron chi connectivity index (χ1n) is 8.91. The van der Waals surface area contributed by atoms with E-state index in [1.54, 1.807) is 0 Å². The SMILES string of the molecule is C1=c2c(ccc3c2=CCc2ccccc2-3)CCC1.O=c1cc[nH]c(=O)[nH]1. The van der Waals surface area contributed by atoms with Crippen LogP contribution in [0.25, 0.3) is 23.3 Å². The number of hydrogen-bond acceptors (Lipinski definition) is 2. The first kappa shape index (κ1) is 16.3. The molecule has 0 atom stereocenters. The Hall–Kier alpha value is -3.14. The normalized spacial score (nSPS) is 13.7. The van der Waals surface area contributed by atoms with Gasteiger partial charge < -0.3 is 4.98 Å². The summed E-state index contributed by atoms with van der Waals surface area (Å²) in [5.41, 5.74) is 4.99. The van der Waals surface area contributed by atoms with Crippen molar-refractivity contribution >= 4 is 12.2 Å². The van der Waals surface area contributed by atoms with Gasteiger partial charge in [-0.05, 0) is 58.4 Å². The molecule has 2 aromatic carbocycles. The Morgan fingerprint density at radius 3 is 2.50 bits per heavy atom. The molecule has 0 radical (unpaired) electrons. The summed E-state index contributed by atoms with van der Waals surface area (Å²) in [5.74, 6) is 0. The minimum absolute atomic E-state index is 0.381. The van der Waals surface area contributed by atoms with Crippen molar-refractivity contribution < 1.29 is 0 Å². The molecule has 0 bridgehead atoms. The fraction of sp³-hybridized carbons (Fsp3) is 0.182. The number of rotatable bonds is 0. The highest BCUT2D eigenvalue weighted by Gasteiger charge is 2.13.